The number of carbonyl (C=O) groups is 1. The van der Waals surface area contributed by atoms with Crippen LogP contribution in [0.25, 0.3) is 0 Å². The van der Waals surface area contributed by atoms with Crippen molar-refractivity contribution in [1.29, 1.82) is 0 Å². The summed E-state index contributed by atoms with van der Waals surface area (Å²) in [5.74, 6) is 0. The summed E-state index contributed by atoms with van der Waals surface area (Å²) in [7, 11) is 0. The molecule has 2 heterocycles. The first kappa shape index (κ1) is 14.4. The van der Waals surface area contributed by atoms with Crippen LogP contribution < -0.4 is 15.5 Å². The quantitative estimate of drug-likeness (QED) is 0.909. The third-order valence-electron chi connectivity index (χ3n) is 3.82. The van der Waals surface area contributed by atoms with Crippen LogP contribution in [0.2, 0.25) is 0 Å². The van der Waals surface area contributed by atoms with Gasteiger partial charge in [0.15, 0.2) is 0 Å². The second kappa shape index (κ2) is 6.93. The highest BCUT2D eigenvalue weighted by Gasteiger charge is 2.23. The Hall–Kier alpha value is -2.56. The summed E-state index contributed by atoms with van der Waals surface area (Å²) in [4.78, 5) is 18.3. The average molecular weight is 296 g/mol. The van der Waals surface area contributed by atoms with Crippen molar-refractivity contribution in [2.45, 2.75) is 19.0 Å². The molecule has 1 aromatic carbocycles. The van der Waals surface area contributed by atoms with Gasteiger partial charge in [-0.05, 0) is 30.2 Å². The van der Waals surface area contributed by atoms with E-state index in [1.54, 1.807) is 12.4 Å². The van der Waals surface area contributed by atoms with Gasteiger partial charge in [-0.25, -0.2) is 4.79 Å². The van der Waals surface area contributed by atoms with E-state index in [-0.39, 0.29) is 12.1 Å². The number of hydrogen-bond donors (Lipinski definition) is 2. The van der Waals surface area contributed by atoms with Crippen molar-refractivity contribution in [1.82, 2.24) is 15.6 Å². The highest BCUT2D eigenvalue weighted by molar-refractivity contribution is 5.74. The molecule has 0 spiro atoms. The first-order valence-corrected chi connectivity index (χ1v) is 7.54. The van der Waals surface area contributed by atoms with E-state index in [4.69, 9.17) is 0 Å². The van der Waals surface area contributed by atoms with Crippen molar-refractivity contribution in [2.24, 2.45) is 0 Å². The molecule has 0 radical (unpaired) electrons. The lowest BCUT2D eigenvalue weighted by Crippen LogP contribution is -2.43. The molecule has 22 heavy (non-hydrogen) atoms. The molecule has 5 nitrogen and oxygen atoms in total. The fourth-order valence-electron chi connectivity index (χ4n) is 2.67. The van der Waals surface area contributed by atoms with Crippen molar-refractivity contribution in [3.05, 3.63) is 60.4 Å². The lowest BCUT2D eigenvalue weighted by Gasteiger charge is -2.19. The van der Waals surface area contributed by atoms with E-state index in [9.17, 15) is 4.79 Å². The number of hydrogen-bond acceptors (Lipinski definition) is 3. The number of anilines is 1. The highest BCUT2D eigenvalue weighted by atomic mass is 16.2. The Kier molecular flexibility index (Phi) is 4.53. The van der Waals surface area contributed by atoms with E-state index >= 15 is 0 Å². The number of urea groups is 1. The number of pyridine rings is 1. The average Bonchev–Trinajstić information content (AvgIpc) is 3.03. The lowest BCUT2D eigenvalue weighted by molar-refractivity contribution is 0.237. The van der Waals surface area contributed by atoms with Gasteiger partial charge in [-0.3, -0.25) is 4.98 Å². The first-order chi connectivity index (χ1) is 10.8. The summed E-state index contributed by atoms with van der Waals surface area (Å²) < 4.78 is 0. The SMILES string of the molecule is O=C(NCc1cccnc1)NC1CCN(c2ccccc2)C1. The highest BCUT2D eigenvalue weighted by Crippen LogP contribution is 2.19. The molecule has 0 aliphatic carbocycles. The van der Waals surface area contributed by atoms with E-state index in [2.05, 4.69) is 32.7 Å². The zero-order chi connectivity index (χ0) is 15.2. The molecule has 114 valence electrons. The van der Waals surface area contributed by atoms with Gasteiger partial charge in [-0.1, -0.05) is 24.3 Å². The molecule has 5 heteroatoms. The molecule has 2 amide bonds. The number of aromatic nitrogens is 1. The van der Waals surface area contributed by atoms with E-state index in [1.807, 2.05) is 30.3 Å². The van der Waals surface area contributed by atoms with Crippen molar-refractivity contribution < 1.29 is 4.79 Å². The second-order valence-electron chi connectivity index (χ2n) is 5.46. The Morgan fingerprint density at radius 1 is 1.23 bits per heavy atom. The Balaban J connectivity index is 1.45. The second-order valence-corrected chi connectivity index (χ2v) is 5.46. The number of rotatable bonds is 4. The largest absolute Gasteiger partial charge is 0.369 e. The van der Waals surface area contributed by atoms with Crippen LogP contribution in [0.3, 0.4) is 0 Å². The third-order valence-corrected chi connectivity index (χ3v) is 3.82. The van der Waals surface area contributed by atoms with Crippen LogP contribution >= 0.6 is 0 Å². The van der Waals surface area contributed by atoms with Crippen molar-refractivity contribution in [3.63, 3.8) is 0 Å². The maximum atomic E-state index is 12.0. The van der Waals surface area contributed by atoms with Gasteiger partial charge >= 0.3 is 6.03 Å². The van der Waals surface area contributed by atoms with E-state index in [0.29, 0.717) is 6.54 Å². The summed E-state index contributed by atoms with van der Waals surface area (Å²) >= 11 is 0. The summed E-state index contributed by atoms with van der Waals surface area (Å²) in [5, 5.41) is 5.91. The molecular weight excluding hydrogens is 276 g/mol. The Bertz CT molecular complexity index is 603. The number of para-hydroxylation sites is 1. The number of carbonyl (C=O) groups excluding carboxylic acids is 1. The number of benzene rings is 1. The zero-order valence-corrected chi connectivity index (χ0v) is 12.4. The van der Waals surface area contributed by atoms with Gasteiger partial charge < -0.3 is 15.5 Å². The molecule has 1 atom stereocenters. The maximum Gasteiger partial charge on any atom is 0.315 e. The van der Waals surface area contributed by atoms with Gasteiger partial charge in [0.2, 0.25) is 0 Å². The monoisotopic (exact) mass is 296 g/mol. The van der Waals surface area contributed by atoms with Crippen molar-refractivity contribution in [3.8, 4) is 0 Å². The molecule has 1 saturated heterocycles. The number of amides is 2. The maximum absolute atomic E-state index is 12.0. The van der Waals surface area contributed by atoms with Crippen LogP contribution in [0.15, 0.2) is 54.9 Å². The van der Waals surface area contributed by atoms with Crippen molar-refractivity contribution >= 4 is 11.7 Å². The zero-order valence-electron chi connectivity index (χ0n) is 12.4. The summed E-state index contributed by atoms with van der Waals surface area (Å²) in [6.07, 6.45) is 4.45. The van der Waals surface area contributed by atoms with Gasteiger partial charge in [-0.15, -0.1) is 0 Å². The molecule has 1 fully saturated rings. The summed E-state index contributed by atoms with van der Waals surface area (Å²) in [6.45, 7) is 2.32. The van der Waals surface area contributed by atoms with Crippen LogP contribution in [0.4, 0.5) is 10.5 Å². The fourth-order valence-corrected chi connectivity index (χ4v) is 2.67. The van der Waals surface area contributed by atoms with Crippen LogP contribution in [0.5, 0.6) is 0 Å². The van der Waals surface area contributed by atoms with Crippen LogP contribution in [-0.2, 0) is 6.54 Å². The van der Waals surface area contributed by atoms with Crippen LogP contribution in [0, 0.1) is 0 Å². The van der Waals surface area contributed by atoms with E-state index in [0.717, 1.165) is 25.1 Å². The van der Waals surface area contributed by atoms with E-state index in [1.165, 1.54) is 5.69 Å². The topological polar surface area (TPSA) is 57.3 Å². The number of nitrogens with one attached hydrogen (secondary N) is 2. The van der Waals surface area contributed by atoms with Gasteiger partial charge in [0.1, 0.15) is 0 Å². The predicted octanol–water partition coefficient (Wildman–Crippen LogP) is 2.16. The molecule has 3 rings (SSSR count). The lowest BCUT2D eigenvalue weighted by atomic mass is 10.2. The van der Waals surface area contributed by atoms with E-state index < -0.39 is 0 Å². The Labute approximate surface area is 130 Å². The Morgan fingerprint density at radius 2 is 2.09 bits per heavy atom. The molecule has 1 aliphatic rings. The summed E-state index contributed by atoms with van der Waals surface area (Å²) in [5.41, 5.74) is 2.21. The minimum absolute atomic E-state index is 0.122. The fraction of sp³-hybridized carbons (Fsp3) is 0.294. The van der Waals surface area contributed by atoms with Crippen LogP contribution in [-0.4, -0.2) is 30.1 Å². The van der Waals surface area contributed by atoms with Crippen molar-refractivity contribution in [2.75, 3.05) is 18.0 Å². The minimum atomic E-state index is -0.122. The molecular formula is C17H20N4O. The third kappa shape index (κ3) is 3.75. The standard InChI is InChI=1S/C17H20N4O/c22-17(19-12-14-5-4-9-18-11-14)20-15-8-10-21(13-15)16-6-2-1-3-7-16/h1-7,9,11,15H,8,10,12-13H2,(H2,19,20,22). The smallest absolute Gasteiger partial charge is 0.315 e. The molecule has 1 aromatic heterocycles. The molecule has 0 saturated carbocycles. The first-order valence-electron chi connectivity index (χ1n) is 7.54. The normalized spacial score (nSPS) is 17.3. The number of nitrogens with zero attached hydrogens (tertiary/aromatic N) is 2. The van der Waals surface area contributed by atoms with Gasteiger partial charge in [0.05, 0.1) is 0 Å². The molecule has 2 N–H and O–H groups in total. The molecule has 2 aromatic rings. The Morgan fingerprint density at radius 3 is 2.86 bits per heavy atom. The van der Waals surface area contributed by atoms with Gasteiger partial charge in [0.25, 0.3) is 0 Å². The molecule has 0 bridgehead atoms. The van der Waals surface area contributed by atoms with Crippen LogP contribution in [0.1, 0.15) is 12.0 Å². The predicted molar refractivity (Wildman–Crippen MR) is 86.7 cm³/mol. The van der Waals surface area contributed by atoms with Gasteiger partial charge in [0, 0.05) is 43.8 Å². The van der Waals surface area contributed by atoms with Gasteiger partial charge in [-0.2, -0.15) is 0 Å². The molecule has 1 unspecified atom stereocenters. The molecule has 1 aliphatic heterocycles. The minimum Gasteiger partial charge on any atom is -0.369 e. The summed E-state index contributed by atoms with van der Waals surface area (Å²) in [6, 6.07) is 14.2.